The van der Waals surface area contributed by atoms with Crippen molar-refractivity contribution in [3.05, 3.63) is 18.7 Å². The molecule has 0 radical (unpaired) electrons. The Labute approximate surface area is 148 Å². The minimum Gasteiger partial charge on any atom is -0.390 e. The second-order valence-electron chi connectivity index (χ2n) is 6.64. The Balaban J connectivity index is 2.09. The van der Waals surface area contributed by atoms with Crippen LogP contribution in [0.5, 0.6) is 0 Å². The zero-order chi connectivity index (χ0) is 17.7. The third kappa shape index (κ3) is 10.2. The van der Waals surface area contributed by atoms with Crippen LogP contribution in [0.3, 0.4) is 0 Å². The molecular formula is C18H37N2O3Si+. The zero-order valence-electron chi connectivity index (χ0n) is 15.6. The van der Waals surface area contributed by atoms with Gasteiger partial charge >= 0.3 is 8.80 Å². The summed E-state index contributed by atoms with van der Waals surface area (Å²) >= 11 is 0. The van der Waals surface area contributed by atoms with Crippen LogP contribution in [0.25, 0.3) is 0 Å². The fraction of sp³-hybridized carbons (Fsp3) is 0.833. The van der Waals surface area contributed by atoms with E-state index in [9.17, 15) is 9.59 Å². The van der Waals surface area contributed by atoms with E-state index >= 15 is 0 Å². The normalized spacial score (nSPS) is 12.0. The molecule has 1 aromatic heterocycles. The molecular weight excluding hydrogens is 320 g/mol. The molecule has 0 aromatic carbocycles. The summed E-state index contributed by atoms with van der Waals surface area (Å²) in [5.74, 6) is 0. The topological polar surface area (TPSA) is 58.5 Å². The van der Waals surface area contributed by atoms with Gasteiger partial charge in [0.2, 0.25) is 6.33 Å². The van der Waals surface area contributed by atoms with Crippen LogP contribution in [-0.4, -0.2) is 29.6 Å². The predicted octanol–water partition coefficient (Wildman–Crippen LogP) is 3.27. The van der Waals surface area contributed by atoms with Gasteiger partial charge < -0.3 is 14.0 Å². The third-order valence-corrected chi connectivity index (χ3v) is 6.07. The Morgan fingerprint density at radius 1 is 0.958 bits per heavy atom. The molecule has 0 saturated heterocycles. The minimum atomic E-state index is -3.41. The largest absolute Gasteiger partial charge is 0.495 e. The van der Waals surface area contributed by atoms with Crippen molar-refractivity contribution in [2.45, 2.75) is 90.8 Å². The molecule has 24 heavy (non-hydrogen) atoms. The van der Waals surface area contributed by atoms with E-state index in [0.29, 0.717) is 12.7 Å². The van der Waals surface area contributed by atoms with Gasteiger partial charge in [-0.05, 0) is 26.2 Å². The maximum absolute atomic E-state index is 9.69. The minimum absolute atomic E-state index is 0.358. The molecule has 2 N–H and O–H groups in total. The lowest BCUT2D eigenvalue weighted by atomic mass is 10.1. The SMILES string of the molecule is CCCCCCCCCCn1cc[n+](CCC[Si](O)(O)OCC)c1. The number of hydrogen-bond acceptors (Lipinski definition) is 3. The highest BCUT2D eigenvalue weighted by molar-refractivity contribution is 6.57. The monoisotopic (exact) mass is 357 g/mol. The van der Waals surface area contributed by atoms with Crippen LogP contribution >= 0.6 is 0 Å². The summed E-state index contributed by atoms with van der Waals surface area (Å²) in [6.07, 6.45) is 17.7. The van der Waals surface area contributed by atoms with Gasteiger partial charge in [-0.3, -0.25) is 0 Å². The molecule has 0 fully saturated rings. The lowest BCUT2D eigenvalue weighted by Gasteiger charge is -2.15. The Hall–Kier alpha value is -0.693. The first-order valence-electron chi connectivity index (χ1n) is 9.71. The van der Waals surface area contributed by atoms with E-state index < -0.39 is 8.80 Å². The summed E-state index contributed by atoms with van der Waals surface area (Å²) < 4.78 is 9.35. The van der Waals surface area contributed by atoms with Crippen molar-refractivity contribution >= 4 is 8.80 Å². The van der Waals surface area contributed by atoms with Gasteiger partial charge in [-0.25, -0.2) is 9.13 Å². The number of hydrogen-bond donors (Lipinski definition) is 2. The van der Waals surface area contributed by atoms with Gasteiger partial charge in [0.05, 0.1) is 13.1 Å². The molecule has 1 heterocycles. The molecule has 0 amide bonds. The highest BCUT2D eigenvalue weighted by atomic mass is 28.4. The van der Waals surface area contributed by atoms with E-state index in [1.165, 1.54) is 51.4 Å². The van der Waals surface area contributed by atoms with Crippen molar-refractivity contribution in [1.82, 2.24) is 4.57 Å². The predicted molar refractivity (Wildman–Crippen MR) is 98.5 cm³/mol. The van der Waals surface area contributed by atoms with Gasteiger partial charge in [0, 0.05) is 12.7 Å². The highest BCUT2D eigenvalue weighted by Crippen LogP contribution is 2.09. The van der Waals surface area contributed by atoms with E-state index in [-0.39, 0.29) is 0 Å². The van der Waals surface area contributed by atoms with Gasteiger partial charge in [0.1, 0.15) is 12.4 Å². The average Bonchev–Trinajstić information content (AvgIpc) is 2.97. The van der Waals surface area contributed by atoms with Crippen molar-refractivity contribution < 1.29 is 18.6 Å². The van der Waals surface area contributed by atoms with Crippen molar-refractivity contribution in [3.8, 4) is 0 Å². The molecule has 6 heteroatoms. The zero-order valence-corrected chi connectivity index (χ0v) is 16.6. The number of aryl methyl sites for hydroxylation is 2. The van der Waals surface area contributed by atoms with Crippen LogP contribution in [-0.2, 0) is 17.5 Å². The smallest absolute Gasteiger partial charge is 0.390 e. The lowest BCUT2D eigenvalue weighted by Crippen LogP contribution is -2.40. The summed E-state index contributed by atoms with van der Waals surface area (Å²) in [6, 6.07) is 0.358. The van der Waals surface area contributed by atoms with Gasteiger partial charge in [-0.15, -0.1) is 0 Å². The van der Waals surface area contributed by atoms with E-state index in [2.05, 4.69) is 34.8 Å². The Morgan fingerprint density at radius 3 is 2.29 bits per heavy atom. The Kier molecular flexibility index (Phi) is 11.2. The van der Waals surface area contributed by atoms with E-state index in [4.69, 9.17) is 4.43 Å². The highest BCUT2D eigenvalue weighted by Gasteiger charge is 2.31. The molecule has 0 aliphatic heterocycles. The maximum atomic E-state index is 9.69. The van der Waals surface area contributed by atoms with Crippen LogP contribution in [0, 0.1) is 0 Å². The molecule has 1 aromatic rings. The summed E-state index contributed by atoms with van der Waals surface area (Å²) in [5, 5.41) is 0. The Morgan fingerprint density at radius 2 is 1.62 bits per heavy atom. The van der Waals surface area contributed by atoms with E-state index in [1.54, 1.807) is 6.92 Å². The van der Waals surface area contributed by atoms with Gasteiger partial charge in [0.15, 0.2) is 0 Å². The van der Waals surface area contributed by atoms with E-state index in [1.807, 2.05) is 0 Å². The van der Waals surface area contributed by atoms with Crippen LogP contribution < -0.4 is 4.57 Å². The molecule has 0 saturated carbocycles. The first-order valence-corrected chi connectivity index (χ1v) is 11.7. The van der Waals surface area contributed by atoms with Crippen LogP contribution in [0.4, 0.5) is 0 Å². The number of aromatic nitrogens is 2. The molecule has 0 aliphatic rings. The van der Waals surface area contributed by atoms with Gasteiger partial charge in [-0.2, -0.15) is 0 Å². The number of unbranched alkanes of at least 4 members (excludes halogenated alkanes) is 7. The quantitative estimate of drug-likeness (QED) is 0.288. The van der Waals surface area contributed by atoms with Crippen molar-refractivity contribution in [2.75, 3.05) is 6.61 Å². The van der Waals surface area contributed by atoms with Crippen molar-refractivity contribution in [2.24, 2.45) is 0 Å². The molecule has 0 atom stereocenters. The van der Waals surface area contributed by atoms with Gasteiger partial charge in [0.25, 0.3) is 0 Å². The molecule has 5 nitrogen and oxygen atoms in total. The van der Waals surface area contributed by atoms with Crippen molar-refractivity contribution in [1.29, 1.82) is 0 Å². The summed E-state index contributed by atoms with van der Waals surface area (Å²) in [7, 11) is -3.41. The number of nitrogens with zero attached hydrogens (tertiary/aromatic N) is 2. The van der Waals surface area contributed by atoms with Crippen LogP contribution in [0.15, 0.2) is 18.7 Å². The van der Waals surface area contributed by atoms with Crippen LogP contribution in [0.1, 0.15) is 71.6 Å². The molecule has 1 rings (SSSR count). The number of imidazole rings is 1. The molecule has 140 valence electrons. The second-order valence-corrected chi connectivity index (χ2v) is 8.92. The fourth-order valence-corrected chi connectivity index (χ4v) is 4.15. The summed E-state index contributed by atoms with van der Waals surface area (Å²) in [5.41, 5.74) is 0. The first kappa shape index (κ1) is 21.3. The third-order valence-electron chi connectivity index (χ3n) is 4.31. The maximum Gasteiger partial charge on any atom is 0.495 e. The molecule has 0 aliphatic carbocycles. The van der Waals surface area contributed by atoms with Crippen LogP contribution in [0.2, 0.25) is 6.04 Å². The van der Waals surface area contributed by atoms with E-state index in [0.717, 1.165) is 19.5 Å². The van der Waals surface area contributed by atoms with Gasteiger partial charge in [-0.1, -0.05) is 45.4 Å². The summed E-state index contributed by atoms with van der Waals surface area (Å²) in [6.45, 7) is 6.27. The van der Waals surface area contributed by atoms with Crippen molar-refractivity contribution in [3.63, 3.8) is 0 Å². The number of rotatable bonds is 15. The molecule has 0 spiro atoms. The lowest BCUT2D eigenvalue weighted by molar-refractivity contribution is -0.696. The molecule has 0 bridgehead atoms. The second kappa shape index (κ2) is 12.6. The molecule has 0 unspecified atom stereocenters. The standard InChI is InChI=1S/C18H37N2O3Si/c1-3-5-6-7-8-9-10-11-13-19-15-16-20(18-19)14-12-17-24(21,22)23-4-2/h15-16,18,21-22H,3-14,17H2,1-2H3/q+1. The Bertz CT molecular complexity index is 424. The first-order chi connectivity index (χ1) is 11.6. The summed E-state index contributed by atoms with van der Waals surface area (Å²) in [4.78, 5) is 19.4. The fourth-order valence-electron chi connectivity index (χ4n) is 2.93. The average molecular weight is 358 g/mol.